The number of aliphatic hydroxyl groups is 1. The van der Waals surface area contributed by atoms with E-state index in [1.807, 2.05) is 20.8 Å². The van der Waals surface area contributed by atoms with Gasteiger partial charge in [0, 0.05) is 12.6 Å². The zero-order valence-corrected chi connectivity index (χ0v) is 10.5. The molecule has 0 bridgehead atoms. The molecule has 0 spiro atoms. The van der Waals surface area contributed by atoms with E-state index in [0.717, 1.165) is 25.7 Å². The molecule has 0 aromatic carbocycles. The molecular weight excluding hydrogens is 206 g/mol. The first kappa shape index (κ1) is 13.3. The Balaban J connectivity index is 2.33. The van der Waals surface area contributed by atoms with Gasteiger partial charge in [0.15, 0.2) is 0 Å². The summed E-state index contributed by atoms with van der Waals surface area (Å²) in [5, 5.41) is 12.0. The Hall–Kier alpha value is -0.770. The summed E-state index contributed by atoms with van der Waals surface area (Å²) >= 11 is 0. The number of rotatable bonds is 2. The molecule has 94 valence electrons. The van der Waals surface area contributed by atoms with Gasteiger partial charge in [-0.25, -0.2) is 4.79 Å². The van der Waals surface area contributed by atoms with E-state index in [9.17, 15) is 4.79 Å². The Kier molecular flexibility index (Phi) is 4.59. The van der Waals surface area contributed by atoms with Crippen LogP contribution in [0.25, 0.3) is 0 Å². The van der Waals surface area contributed by atoms with E-state index < -0.39 is 5.60 Å². The van der Waals surface area contributed by atoms with Gasteiger partial charge in [0.2, 0.25) is 0 Å². The summed E-state index contributed by atoms with van der Waals surface area (Å²) in [7, 11) is 0. The molecular formula is C12H23NO3. The molecule has 1 saturated carbocycles. The molecule has 0 aromatic rings. The van der Waals surface area contributed by atoms with E-state index in [-0.39, 0.29) is 18.7 Å². The molecule has 1 rings (SSSR count). The van der Waals surface area contributed by atoms with Crippen molar-refractivity contribution in [3.63, 3.8) is 0 Å². The second-order valence-electron chi connectivity index (χ2n) is 5.56. The van der Waals surface area contributed by atoms with Gasteiger partial charge in [-0.1, -0.05) is 6.42 Å². The average molecular weight is 229 g/mol. The van der Waals surface area contributed by atoms with Crippen molar-refractivity contribution in [2.45, 2.75) is 58.1 Å². The van der Waals surface area contributed by atoms with Gasteiger partial charge < -0.3 is 15.2 Å². The molecule has 0 unspecified atom stereocenters. The van der Waals surface area contributed by atoms with E-state index >= 15 is 0 Å². The zero-order valence-electron chi connectivity index (χ0n) is 10.5. The SMILES string of the molecule is CC(C)(C)OC(=O)N[C@H]1CCC[C@@H](CO)C1. The maximum atomic E-state index is 11.5. The Bertz CT molecular complexity index is 235. The molecule has 0 radical (unpaired) electrons. The number of amides is 1. The van der Waals surface area contributed by atoms with Crippen LogP contribution in [0.3, 0.4) is 0 Å². The number of nitrogens with one attached hydrogen (secondary N) is 1. The number of hydrogen-bond donors (Lipinski definition) is 2. The highest BCUT2D eigenvalue weighted by molar-refractivity contribution is 5.68. The molecule has 1 fully saturated rings. The lowest BCUT2D eigenvalue weighted by molar-refractivity contribution is 0.0475. The van der Waals surface area contributed by atoms with Gasteiger partial charge in [-0.15, -0.1) is 0 Å². The summed E-state index contributed by atoms with van der Waals surface area (Å²) in [6.45, 7) is 5.77. The van der Waals surface area contributed by atoms with Gasteiger partial charge in [0.1, 0.15) is 5.60 Å². The van der Waals surface area contributed by atoms with E-state index in [4.69, 9.17) is 9.84 Å². The first-order valence-electron chi connectivity index (χ1n) is 6.01. The molecule has 1 amide bonds. The van der Waals surface area contributed by atoms with Crippen molar-refractivity contribution in [1.82, 2.24) is 5.32 Å². The highest BCUT2D eigenvalue weighted by Crippen LogP contribution is 2.23. The average Bonchev–Trinajstić information content (AvgIpc) is 2.15. The maximum Gasteiger partial charge on any atom is 0.407 e. The third kappa shape index (κ3) is 4.84. The minimum atomic E-state index is -0.449. The van der Waals surface area contributed by atoms with Crippen LogP contribution in [0.2, 0.25) is 0 Å². The summed E-state index contributed by atoms with van der Waals surface area (Å²) in [5.41, 5.74) is -0.449. The summed E-state index contributed by atoms with van der Waals surface area (Å²) < 4.78 is 5.20. The van der Waals surface area contributed by atoms with Gasteiger partial charge in [-0.2, -0.15) is 0 Å². The molecule has 16 heavy (non-hydrogen) atoms. The van der Waals surface area contributed by atoms with Crippen LogP contribution in [0.1, 0.15) is 46.5 Å². The fourth-order valence-electron chi connectivity index (χ4n) is 2.06. The first-order valence-corrected chi connectivity index (χ1v) is 6.01. The lowest BCUT2D eigenvalue weighted by Gasteiger charge is -2.29. The number of alkyl carbamates (subject to hydrolysis) is 1. The largest absolute Gasteiger partial charge is 0.444 e. The normalized spacial score (nSPS) is 26.2. The predicted molar refractivity (Wildman–Crippen MR) is 62.2 cm³/mol. The summed E-state index contributed by atoms with van der Waals surface area (Å²) in [6.07, 6.45) is 3.61. The third-order valence-electron chi connectivity index (χ3n) is 2.76. The van der Waals surface area contributed by atoms with Gasteiger partial charge in [-0.3, -0.25) is 0 Å². The number of hydrogen-bond acceptors (Lipinski definition) is 3. The molecule has 4 nitrogen and oxygen atoms in total. The van der Waals surface area contributed by atoms with E-state index in [1.54, 1.807) is 0 Å². The van der Waals surface area contributed by atoms with Crippen LogP contribution in [0, 0.1) is 5.92 Å². The van der Waals surface area contributed by atoms with Crippen molar-refractivity contribution in [1.29, 1.82) is 0 Å². The van der Waals surface area contributed by atoms with Gasteiger partial charge in [0.05, 0.1) is 0 Å². The van der Waals surface area contributed by atoms with E-state index in [0.29, 0.717) is 5.92 Å². The molecule has 1 aliphatic carbocycles. The van der Waals surface area contributed by atoms with Crippen molar-refractivity contribution in [3.05, 3.63) is 0 Å². The quantitative estimate of drug-likeness (QED) is 0.762. The highest BCUT2D eigenvalue weighted by atomic mass is 16.6. The van der Waals surface area contributed by atoms with Crippen LogP contribution >= 0.6 is 0 Å². The summed E-state index contributed by atoms with van der Waals surface area (Å²) in [6, 6.07) is 0.153. The van der Waals surface area contributed by atoms with E-state index in [2.05, 4.69) is 5.32 Å². The standard InChI is InChI=1S/C12H23NO3/c1-12(2,3)16-11(15)13-10-6-4-5-9(7-10)8-14/h9-10,14H,4-8H2,1-3H3,(H,13,15)/t9-,10+/m1/s1. The smallest absolute Gasteiger partial charge is 0.407 e. The number of carbonyl (C=O) groups is 1. The summed E-state index contributed by atoms with van der Waals surface area (Å²) in [5.74, 6) is 0.327. The molecule has 4 heteroatoms. The highest BCUT2D eigenvalue weighted by Gasteiger charge is 2.24. The van der Waals surface area contributed by atoms with Crippen molar-refractivity contribution in [2.75, 3.05) is 6.61 Å². The Morgan fingerprint density at radius 3 is 2.69 bits per heavy atom. The summed E-state index contributed by atoms with van der Waals surface area (Å²) in [4.78, 5) is 11.5. The predicted octanol–water partition coefficient (Wildman–Crippen LogP) is 2.06. The van der Waals surface area contributed by atoms with E-state index in [1.165, 1.54) is 0 Å². The Labute approximate surface area is 97.4 Å². The topological polar surface area (TPSA) is 58.6 Å². The Morgan fingerprint density at radius 2 is 2.12 bits per heavy atom. The number of aliphatic hydroxyl groups excluding tert-OH is 1. The minimum absolute atomic E-state index is 0.153. The minimum Gasteiger partial charge on any atom is -0.444 e. The fraction of sp³-hybridized carbons (Fsp3) is 0.917. The second-order valence-corrected chi connectivity index (χ2v) is 5.56. The molecule has 2 N–H and O–H groups in total. The van der Waals surface area contributed by atoms with Gasteiger partial charge in [-0.05, 0) is 46.0 Å². The van der Waals surface area contributed by atoms with Crippen molar-refractivity contribution >= 4 is 6.09 Å². The van der Waals surface area contributed by atoms with Crippen LogP contribution in [0.4, 0.5) is 4.79 Å². The van der Waals surface area contributed by atoms with Crippen LogP contribution in [-0.2, 0) is 4.74 Å². The van der Waals surface area contributed by atoms with Crippen molar-refractivity contribution in [2.24, 2.45) is 5.92 Å². The molecule has 0 aromatic heterocycles. The van der Waals surface area contributed by atoms with Crippen LogP contribution < -0.4 is 5.32 Å². The molecule has 2 atom stereocenters. The van der Waals surface area contributed by atoms with Crippen LogP contribution in [0.5, 0.6) is 0 Å². The van der Waals surface area contributed by atoms with Crippen molar-refractivity contribution < 1.29 is 14.6 Å². The van der Waals surface area contributed by atoms with Crippen molar-refractivity contribution in [3.8, 4) is 0 Å². The second kappa shape index (κ2) is 5.53. The molecule has 0 saturated heterocycles. The Morgan fingerprint density at radius 1 is 1.44 bits per heavy atom. The third-order valence-corrected chi connectivity index (χ3v) is 2.76. The lowest BCUT2D eigenvalue weighted by Crippen LogP contribution is -2.41. The fourth-order valence-corrected chi connectivity index (χ4v) is 2.06. The van der Waals surface area contributed by atoms with Crippen LogP contribution in [-0.4, -0.2) is 29.4 Å². The van der Waals surface area contributed by atoms with Gasteiger partial charge >= 0.3 is 6.09 Å². The molecule has 0 aliphatic heterocycles. The zero-order chi connectivity index (χ0) is 12.2. The van der Waals surface area contributed by atoms with Crippen LogP contribution in [0.15, 0.2) is 0 Å². The maximum absolute atomic E-state index is 11.5. The number of carbonyl (C=O) groups excluding carboxylic acids is 1. The monoisotopic (exact) mass is 229 g/mol. The first-order chi connectivity index (χ1) is 7.40. The molecule has 0 heterocycles. The van der Waals surface area contributed by atoms with Gasteiger partial charge in [0.25, 0.3) is 0 Å². The molecule has 1 aliphatic rings. The number of ether oxygens (including phenoxy) is 1. The lowest BCUT2D eigenvalue weighted by atomic mass is 9.86.